The number of ether oxygens (including phenoxy) is 1. The Hall–Kier alpha value is -2.24. The van der Waals surface area contributed by atoms with E-state index < -0.39 is 6.04 Å². The van der Waals surface area contributed by atoms with Crippen molar-refractivity contribution in [3.8, 4) is 5.75 Å². The summed E-state index contributed by atoms with van der Waals surface area (Å²) < 4.78 is 5.80. The molecule has 34 heavy (non-hydrogen) atoms. The Kier molecular flexibility index (Phi) is 10.7. The van der Waals surface area contributed by atoms with Crippen molar-refractivity contribution in [3.05, 3.63) is 63.6 Å². The van der Waals surface area contributed by atoms with Gasteiger partial charge in [-0.15, -0.1) is 0 Å². The van der Waals surface area contributed by atoms with Crippen molar-refractivity contribution in [2.45, 2.75) is 71.9 Å². The predicted octanol–water partition coefficient (Wildman–Crippen LogP) is 6.39. The number of hydrogen-bond acceptors (Lipinski definition) is 3. The van der Waals surface area contributed by atoms with Crippen molar-refractivity contribution >= 4 is 35.0 Å². The van der Waals surface area contributed by atoms with Gasteiger partial charge in [-0.25, -0.2) is 0 Å². The molecule has 0 unspecified atom stereocenters. The van der Waals surface area contributed by atoms with Gasteiger partial charge in [0.05, 0.1) is 10.0 Å². The van der Waals surface area contributed by atoms with Gasteiger partial charge in [-0.05, 0) is 53.6 Å². The summed E-state index contributed by atoms with van der Waals surface area (Å²) in [6, 6.07) is 12.3. The second kappa shape index (κ2) is 13.0. The molecule has 0 radical (unpaired) electrons. The topological polar surface area (TPSA) is 58.6 Å². The summed E-state index contributed by atoms with van der Waals surface area (Å²) in [5.41, 5.74) is 2.00. The number of nitrogens with one attached hydrogen (secondary N) is 1. The molecule has 0 aliphatic carbocycles. The van der Waals surface area contributed by atoms with Gasteiger partial charge < -0.3 is 15.0 Å². The molecule has 5 nitrogen and oxygen atoms in total. The summed E-state index contributed by atoms with van der Waals surface area (Å²) in [7, 11) is 0. The smallest absolute Gasteiger partial charge is 0.261 e. The lowest BCUT2D eigenvalue weighted by atomic mass is 9.87. The first-order valence-electron chi connectivity index (χ1n) is 11.8. The minimum atomic E-state index is -0.620. The average Bonchev–Trinajstić information content (AvgIpc) is 2.79. The molecule has 0 spiro atoms. The van der Waals surface area contributed by atoms with Crippen LogP contribution in [0.25, 0.3) is 0 Å². The third-order valence-electron chi connectivity index (χ3n) is 5.64. The summed E-state index contributed by atoms with van der Waals surface area (Å²) in [5, 5.41) is 3.79. The molecule has 0 saturated heterocycles. The van der Waals surface area contributed by atoms with Gasteiger partial charge in [0.25, 0.3) is 5.91 Å². The Morgan fingerprint density at radius 1 is 1.03 bits per heavy atom. The van der Waals surface area contributed by atoms with Crippen LogP contribution in [-0.2, 0) is 21.5 Å². The zero-order valence-electron chi connectivity index (χ0n) is 20.8. The number of hydrogen-bond donors (Lipinski definition) is 1. The largest absolute Gasteiger partial charge is 0.484 e. The van der Waals surface area contributed by atoms with Crippen LogP contribution in [0.15, 0.2) is 42.5 Å². The second-order valence-corrected chi connectivity index (χ2v) is 10.2. The Labute approximate surface area is 213 Å². The summed E-state index contributed by atoms with van der Waals surface area (Å²) in [5.74, 6) is 0.165. The van der Waals surface area contributed by atoms with E-state index in [1.54, 1.807) is 17.0 Å². The van der Waals surface area contributed by atoms with E-state index in [4.69, 9.17) is 27.9 Å². The standard InChI is InChI=1S/C27H36Cl2N2O3/c1-6-8-15-30-26(33)24(7-2)31(17-19-9-14-22(28)23(29)16-19)25(32)18-34-21-12-10-20(11-13-21)27(3,4)5/h9-14,16,24H,6-8,15,17-18H2,1-5H3,(H,30,33)/t24-/m0/s1. The maximum atomic E-state index is 13.3. The Morgan fingerprint density at radius 2 is 1.71 bits per heavy atom. The van der Waals surface area contributed by atoms with Crippen LogP contribution in [0.4, 0.5) is 0 Å². The molecule has 1 N–H and O–H groups in total. The Bertz CT molecular complexity index is 955. The van der Waals surface area contributed by atoms with Crippen LogP contribution >= 0.6 is 23.2 Å². The average molecular weight is 508 g/mol. The zero-order valence-corrected chi connectivity index (χ0v) is 22.3. The highest BCUT2D eigenvalue weighted by molar-refractivity contribution is 6.42. The summed E-state index contributed by atoms with van der Waals surface area (Å²) >= 11 is 12.2. The molecule has 0 fully saturated rings. The van der Waals surface area contributed by atoms with E-state index in [9.17, 15) is 9.59 Å². The number of unbranched alkanes of at least 4 members (excludes halogenated alkanes) is 1. The van der Waals surface area contributed by atoms with Crippen molar-refractivity contribution in [1.82, 2.24) is 10.2 Å². The van der Waals surface area contributed by atoms with Crippen LogP contribution in [0, 0.1) is 0 Å². The normalized spacial score (nSPS) is 12.2. The maximum Gasteiger partial charge on any atom is 0.261 e. The third kappa shape index (κ3) is 8.21. The van der Waals surface area contributed by atoms with E-state index in [1.165, 1.54) is 5.56 Å². The number of halogens is 2. The highest BCUT2D eigenvalue weighted by Gasteiger charge is 2.29. The fourth-order valence-corrected chi connectivity index (χ4v) is 3.86. The number of rotatable bonds is 11. The molecule has 0 aliphatic rings. The van der Waals surface area contributed by atoms with Crippen molar-refractivity contribution in [2.24, 2.45) is 0 Å². The molecule has 0 aliphatic heterocycles. The van der Waals surface area contributed by atoms with Gasteiger partial charge >= 0.3 is 0 Å². The van der Waals surface area contributed by atoms with Crippen LogP contribution in [0.2, 0.25) is 10.0 Å². The number of carbonyl (C=O) groups is 2. The first kappa shape index (κ1) is 28.0. The van der Waals surface area contributed by atoms with E-state index in [0.29, 0.717) is 28.8 Å². The summed E-state index contributed by atoms with van der Waals surface area (Å²) in [6.07, 6.45) is 2.34. The van der Waals surface area contributed by atoms with Crippen LogP contribution in [-0.4, -0.2) is 35.9 Å². The molecule has 0 aromatic heterocycles. The van der Waals surface area contributed by atoms with Crippen molar-refractivity contribution in [1.29, 1.82) is 0 Å². The van der Waals surface area contributed by atoms with Crippen LogP contribution in [0.3, 0.4) is 0 Å². The molecule has 1 atom stereocenters. The van der Waals surface area contributed by atoms with Crippen molar-refractivity contribution in [3.63, 3.8) is 0 Å². The second-order valence-electron chi connectivity index (χ2n) is 9.40. The number of amides is 2. The molecular weight excluding hydrogens is 471 g/mol. The van der Waals surface area contributed by atoms with E-state index in [1.807, 2.05) is 37.3 Å². The molecule has 186 valence electrons. The van der Waals surface area contributed by atoms with E-state index in [2.05, 4.69) is 33.0 Å². The number of carbonyl (C=O) groups excluding carboxylic acids is 2. The SMILES string of the molecule is CCCCNC(=O)[C@H](CC)N(Cc1ccc(Cl)c(Cl)c1)C(=O)COc1ccc(C(C)(C)C)cc1. The van der Waals surface area contributed by atoms with Gasteiger partial charge in [-0.1, -0.05) is 82.4 Å². The molecule has 0 saturated carbocycles. The molecule has 2 rings (SSSR count). The van der Waals surface area contributed by atoms with E-state index in [-0.39, 0.29) is 30.4 Å². The van der Waals surface area contributed by atoms with Crippen molar-refractivity contribution < 1.29 is 14.3 Å². The maximum absolute atomic E-state index is 13.3. The molecule has 0 bridgehead atoms. The minimum Gasteiger partial charge on any atom is -0.484 e. The molecule has 2 aromatic rings. The van der Waals surface area contributed by atoms with Gasteiger partial charge in [-0.2, -0.15) is 0 Å². The van der Waals surface area contributed by atoms with Crippen molar-refractivity contribution in [2.75, 3.05) is 13.2 Å². The lowest BCUT2D eigenvalue weighted by Crippen LogP contribution is -2.50. The highest BCUT2D eigenvalue weighted by atomic mass is 35.5. The number of nitrogens with zero attached hydrogens (tertiary/aromatic N) is 1. The first-order chi connectivity index (χ1) is 16.1. The Morgan fingerprint density at radius 3 is 2.26 bits per heavy atom. The quantitative estimate of drug-likeness (QED) is 0.359. The monoisotopic (exact) mass is 506 g/mol. The van der Waals surface area contributed by atoms with Gasteiger partial charge in [0.2, 0.25) is 5.91 Å². The van der Waals surface area contributed by atoms with Gasteiger partial charge in [0, 0.05) is 13.1 Å². The van der Waals surface area contributed by atoms with E-state index in [0.717, 1.165) is 18.4 Å². The van der Waals surface area contributed by atoms with Crippen LogP contribution in [0.5, 0.6) is 5.75 Å². The minimum absolute atomic E-state index is 0.0322. The molecular formula is C27H36Cl2N2O3. The summed E-state index contributed by atoms with van der Waals surface area (Å²) in [6.45, 7) is 11.0. The fraction of sp³-hybridized carbons (Fsp3) is 0.481. The Balaban J connectivity index is 2.19. The lowest BCUT2D eigenvalue weighted by Gasteiger charge is -2.30. The molecule has 2 amide bonds. The van der Waals surface area contributed by atoms with Gasteiger partial charge in [0.15, 0.2) is 6.61 Å². The highest BCUT2D eigenvalue weighted by Crippen LogP contribution is 2.25. The molecule has 2 aromatic carbocycles. The fourth-order valence-electron chi connectivity index (χ4n) is 3.54. The summed E-state index contributed by atoms with van der Waals surface area (Å²) in [4.78, 5) is 27.8. The number of benzene rings is 2. The first-order valence-corrected chi connectivity index (χ1v) is 12.6. The third-order valence-corrected chi connectivity index (χ3v) is 6.37. The lowest BCUT2D eigenvalue weighted by molar-refractivity contribution is -0.143. The van der Waals surface area contributed by atoms with Crippen LogP contribution in [0.1, 0.15) is 65.0 Å². The predicted molar refractivity (Wildman–Crippen MR) is 140 cm³/mol. The van der Waals surface area contributed by atoms with E-state index >= 15 is 0 Å². The zero-order chi connectivity index (χ0) is 25.3. The molecule has 0 heterocycles. The van der Waals surface area contributed by atoms with Gasteiger partial charge in [0.1, 0.15) is 11.8 Å². The van der Waals surface area contributed by atoms with Crippen LogP contribution < -0.4 is 10.1 Å². The molecule has 7 heteroatoms. The van der Waals surface area contributed by atoms with Gasteiger partial charge in [-0.3, -0.25) is 9.59 Å².